The van der Waals surface area contributed by atoms with Crippen LogP contribution in [0.5, 0.6) is 0 Å². The molecule has 4 nitrogen and oxygen atoms in total. The molecule has 0 aliphatic carbocycles. The maximum Gasteiger partial charge on any atom is 0.132 e. The molecule has 0 atom stereocenters. The van der Waals surface area contributed by atoms with Crippen LogP contribution in [-0.4, -0.2) is 21.5 Å². The summed E-state index contributed by atoms with van der Waals surface area (Å²) in [7, 11) is 0. The predicted molar refractivity (Wildman–Crippen MR) is 59.1 cm³/mol. The molecule has 84 valence electrons. The van der Waals surface area contributed by atoms with Gasteiger partial charge in [-0.25, -0.2) is 9.07 Å². The highest BCUT2D eigenvalue weighted by Crippen LogP contribution is 2.21. The molecule has 1 aromatic heterocycles. The summed E-state index contributed by atoms with van der Waals surface area (Å²) in [5.41, 5.74) is 6.63. The molecule has 0 aliphatic heterocycles. The van der Waals surface area contributed by atoms with Gasteiger partial charge in [-0.3, -0.25) is 0 Å². The first-order valence-corrected chi connectivity index (χ1v) is 5.16. The van der Waals surface area contributed by atoms with Crippen LogP contribution >= 0.6 is 0 Å². The van der Waals surface area contributed by atoms with E-state index in [1.54, 1.807) is 29.1 Å². The summed E-state index contributed by atoms with van der Waals surface area (Å²) in [6.07, 6.45) is 2.36. The Labute approximate surface area is 92.9 Å². The fourth-order valence-electron chi connectivity index (χ4n) is 1.54. The Morgan fingerprint density at radius 1 is 1.31 bits per heavy atom. The molecule has 1 heterocycles. The quantitative estimate of drug-likeness (QED) is 0.848. The highest BCUT2D eigenvalue weighted by atomic mass is 19.1. The van der Waals surface area contributed by atoms with Crippen LogP contribution in [0.25, 0.3) is 11.3 Å². The number of hydrogen-bond donors (Lipinski definition) is 1. The van der Waals surface area contributed by atoms with E-state index in [4.69, 9.17) is 5.73 Å². The number of rotatable bonds is 4. The van der Waals surface area contributed by atoms with Gasteiger partial charge in [0.25, 0.3) is 0 Å². The number of benzene rings is 1. The van der Waals surface area contributed by atoms with Gasteiger partial charge in [0.1, 0.15) is 5.82 Å². The Kier molecular flexibility index (Phi) is 3.26. The lowest BCUT2D eigenvalue weighted by atomic mass is 10.1. The average Bonchev–Trinajstić information content (AvgIpc) is 2.75. The maximum absolute atomic E-state index is 13.6. The van der Waals surface area contributed by atoms with Gasteiger partial charge >= 0.3 is 0 Å². The summed E-state index contributed by atoms with van der Waals surface area (Å²) in [6.45, 7) is 1.23. The summed E-state index contributed by atoms with van der Waals surface area (Å²) in [4.78, 5) is 0. The van der Waals surface area contributed by atoms with Crippen molar-refractivity contribution in [2.75, 3.05) is 6.54 Å². The van der Waals surface area contributed by atoms with E-state index in [0.717, 1.165) is 6.42 Å². The van der Waals surface area contributed by atoms with Gasteiger partial charge in [0.05, 0.1) is 11.9 Å². The van der Waals surface area contributed by atoms with Crippen LogP contribution in [0.1, 0.15) is 6.42 Å². The van der Waals surface area contributed by atoms with Crippen molar-refractivity contribution < 1.29 is 4.39 Å². The minimum Gasteiger partial charge on any atom is -0.330 e. The second-order valence-corrected chi connectivity index (χ2v) is 3.46. The fraction of sp³-hybridized carbons (Fsp3) is 0.273. The number of halogens is 1. The predicted octanol–water partition coefficient (Wildman–Crippen LogP) is 1.43. The molecule has 0 spiro atoms. The number of aryl methyl sites for hydroxylation is 1. The second-order valence-electron chi connectivity index (χ2n) is 3.46. The van der Waals surface area contributed by atoms with E-state index in [0.29, 0.717) is 24.3 Å². The molecule has 0 fully saturated rings. The van der Waals surface area contributed by atoms with Gasteiger partial charge in [-0.05, 0) is 25.1 Å². The molecule has 5 heteroatoms. The zero-order valence-corrected chi connectivity index (χ0v) is 8.81. The van der Waals surface area contributed by atoms with E-state index in [1.807, 2.05) is 0 Å². The molecule has 2 N–H and O–H groups in total. The molecule has 0 bridgehead atoms. The van der Waals surface area contributed by atoms with Gasteiger partial charge in [0.15, 0.2) is 0 Å². The van der Waals surface area contributed by atoms with Crippen LogP contribution in [0.3, 0.4) is 0 Å². The topological polar surface area (TPSA) is 56.7 Å². The van der Waals surface area contributed by atoms with Crippen molar-refractivity contribution in [3.8, 4) is 11.3 Å². The summed E-state index contributed by atoms with van der Waals surface area (Å²) < 4.78 is 15.2. The van der Waals surface area contributed by atoms with Crippen molar-refractivity contribution in [1.29, 1.82) is 0 Å². The lowest BCUT2D eigenvalue weighted by Crippen LogP contribution is -2.08. The largest absolute Gasteiger partial charge is 0.330 e. The molecule has 0 saturated carbocycles. The minimum absolute atomic E-state index is 0.265. The zero-order chi connectivity index (χ0) is 11.4. The third-order valence-electron chi connectivity index (χ3n) is 2.34. The van der Waals surface area contributed by atoms with Crippen molar-refractivity contribution in [3.63, 3.8) is 0 Å². The first-order valence-electron chi connectivity index (χ1n) is 5.16. The Morgan fingerprint density at radius 3 is 2.88 bits per heavy atom. The van der Waals surface area contributed by atoms with Gasteiger partial charge < -0.3 is 5.73 Å². The smallest absolute Gasteiger partial charge is 0.132 e. The van der Waals surface area contributed by atoms with Crippen molar-refractivity contribution in [1.82, 2.24) is 15.0 Å². The van der Waals surface area contributed by atoms with E-state index in [-0.39, 0.29) is 5.82 Å². The molecule has 0 aliphatic rings. The molecular weight excluding hydrogens is 207 g/mol. The highest BCUT2D eigenvalue weighted by molar-refractivity contribution is 5.58. The van der Waals surface area contributed by atoms with Crippen molar-refractivity contribution in [2.24, 2.45) is 5.73 Å². The molecule has 2 rings (SSSR count). The van der Waals surface area contributed by atoms with E-state index in [2.05, 4.69) is 10.3 Å². The normalized spacial score (nSPS) is 10.6. The fourth-order valence-corrected chi connectivity index (χ4v) is 1.54. The molecule has 16 heavy (non-hydrogen) atoms. The molecular formula is C11H13FN4. The number of hydrogen-bond acceptors (Lipinski definition) is 3. The van der Waals surface area contributed by atoms with Crippen LogP contribution in [0.15, 0.2) is 30.5 Å². The standard InChI is InChI=1S/C11H13FN4/c12-10-5-2-1-4-9(10)11-8-14-15-16(11)7-3-6-13/h1-2,4-5,8H,3,6-7,13H2. The Morgan fingerprint density at radius 2 is 2.12 bits per heavy atom. The summed E-state index contributed by atoms with van der Waals surface area (Å²) in [5.74, 6) is -0.265. The zero-order valence-electron chi connectivity index (χ0n) is 8.81. The molecule has 0 unspecified atom stereocenters. The monoisotopic (exact) mass is 220 g/mol. The van der Waals surface area contributed by atoms with Crippen LogP contribution in [0, 0.1) is 5.82 Å². The van der Waals surface area contributed by atoms with Crippen molar-refractivity contribution in [3.05, 3.63) is 36.3 Å². The van der Waals surface area contributed by atoms with Crippen molar-refractivity contribution in [2.45, 2.75) is 13.0 Å². The number of aromatic nitrogens is 3. The van der Waals surface area contributed by atoms with Gasteiger partial charge in [0.2, 0.25) is 0 Å². The third-order valence-corrected chi connectivity index (χ3v) is 2.34. The Hall–Kier alpha value is -1.75. The molecule has 0 radical (unpaired) electrons. The van der Waals surface area contributed by atoms with Gasteiger partial charge in [-0.15, -0.1) is 5.10 Å². The molecule has 2 aromatic rings. The van der Waals surface area contributed by atoms with E-state index in [1.165, 1.54) is 6.07 Å². The number of nitrogens with zero attached hydrogens (tertiary/aromatic N) is 3. The summed E-state index contributed by atoms with van der Waals surface area (Å²) in [5, 5.41) is 7.71. The third kappa shape index (κ3) is 2.09. The average molecular weight is 220 g/mol. The van der Waals surface area contributed by atoms with Gasteiger partial charge in [-0.1, -0.05) is 17.3 Å². The van der Waals surface area contributed by atoms with Crippen LogP contribution in [-0.2, 0) is 6.54 Å². The van der Waals surface area contributed by atoms with Crippen LogP contribution in [0.2, 0.25) is 0 Å². The van der Waals surface area contributed by atoms with E-state index in [9.17, 15) is 4.39 Å². The van der Waals surface area contributed by atoms with Gasteiger partial charge in [0, 0.05) is 12.1 Å². The highest BCUT2D eigenvalue weighted by Gasteiger charge is 2.09. The minimum atomic E-state index is -0.265. The lowest BCUT2D eigenvalue weighted by molar-refractivity contribution is 0.565. The second kappa shape index (κ2) is 4.85. The molecule has 0 saturated heterocycles. The van der Waals surface area contributed by atoms with Gasteiger partial charge in [-0.2, -0.15) is 0 Å². The Balaban J connectivity index is 2.33. The van der Waals surface area contributed by atoms with Crippen LogP contribution < -0.4 is 5.73 Å². The van der Waals surface area contributed by atoms with E-state index >= 15 is 0 Å². The summed E-state index contributed by atoms with van der Waals surface area (Å²) >= 11 is 0. The lowest BCUT2D eigenvalue weighted by Gasteiger charge is -2.05. The number of nitrogens with two attached hydrogens (primary N) is 1. The van der Waals surface area contributed by atoms with Crippen molar-refractivity contribution >= 4 is 0 Å². The maximum atomic E-state index is 13.6. The Bertz CT molecular complexity index is 467. The summed E-state index contributed by atoms with van der Waals surface area (Å²) in [6, 6.07) is 6.59. The first-order chi connectivity index (χ1) is 7.83. The van der Waals surface area contributed by atoms with E-state index < -0.39 is 0 Å². The van der Waals surface area contributed by atoms with Crippen LogP contribution in [0.4, 0.5) is 4.39 Å². The SMILES string of the molecule is NCCCn1nncc1-c1ccccc1F. The molecule has 0 amide bonds. The molecule has 1 aromatic carbocycles. The first kappa shape index (κ1) is 10.8.